The molecule has 0 spiro atoms. The van der Waals surface area contributed by atoms with E-state index in [9.17, 15) is 17.6 Å². The van der Waals surface area contributed by atoms with Crippen molar-refractivity contribution in [2.75, 3.05) is 0 Å². The molecule has 3 rings (SSSR count). The number of nitrogens with one attached hydrogen (secondary N) is 2. The first-order valence-corrected chi connectivity index (χ1v) is 9.98. The largest absolute Gasteiger partial charge is 0.340 e. The van der Waals surface area contributed by atoms with Gasteiger partial charge in [-0.25, -0.2) is 17.8 Å². The van der Waals surface area contributed by atoms with E-state index in [4.69, 9.17) is 11.6 Å². The second-order valence-corrected chi connectivity index (χ2v) is 8.62. The Hall–Kier alpha value is -1.97. The van der Waals surface area contributed by atoms with Gasteiger partial charge in [0.05, 0.1) is 27.9 Å². The maximum absolute atomic E-state index is 14.3. The highest BCUT2D eigenvalue weighted by Gasteiger charge is 2.29. The molecule has 7 nitrogen and oxygen atoms in total. The van der Waals surface area contributed by atoms with E-state index in [1.165, 1.54) is 12.1 Å². The van der Waals surface area contributed by atoms with Gasteiger partial charge in [0.2, 0.25) is 10.0 Å². The lowest BCUT2D eigenvalue weighted by molar-refractivity contribution is 0.0941. The van der Waals surface area contributed by atoms with Gasteiger partial charge >= 0.3 is 0 Å². The summed E-state index contributed by atoms with van der Waals surface area (Å²) < 4.78 is 40.3. The van der Waals surface area contributed by atoms with Crippen molar-refractivity contribution in [3.8, 4) is 11.3 Å². The Morgan fingerprint density at radius 1 is 1.35 bits per heavy atom. The number of hydrazine groups is 1. The molecule has 1 amide bonds. The van der Waals surface area contributed by atoms with Crippen LogP contribution in [0, 0.1) is 5.82 Å². The maximum Gasteiger partial charge on any atom is 0.269 e. The molecule has 2 N–H and O–H groups in total. The summed E-state index contributed by atoms with van der Waals surface area (Å²) in [6.45, 7) is 0. The molecule has 0 saturated heterocycles. The second-order valence-electron chi connectivity index (χ2n) is 6.25. The number of aryl methyl sites for hydroxylation is 1. The van der Waals surface area contributed by atoms with Crippen LogP contribution in [-0.2, 0) is 17.1 Å². The molecule has 1 fully saturated rings. The van der Waals surface area contributed by atoms with E-state index < -0.39 is 27.0 Å². The topological polar surface area (TPSA) is 93.1 Å². The van der Waals surface area contributed by atoms with Crippen LogP contribution in [0.5, 0.6) is 0 Å². The van der Waals surface area contributed by atoms with Crippen molar-refractivity contribution in [3.05, 3.63) is 41.1 Å². The van der Waals surface area contributed by atoms with Gasteiger partial charge in [0.25, 0.3) is 5.91 Å². The molecule has 0 bridgehead atoms. The average Bonchev–Trinajstić information content (AvgIpc) is 3.27. The first-order chi connectivity index (χ1) is 12.3. The minimum absolute atomic E-state index is 0.253. The normalized spacial score (nSPS) is 15.3. The molecule has 0 atom stereocenters. The van der Waals surface area contributed by atoms with E-state index in [-0.39, 0.29) is 10.6 Å². The zero-order chi connectivity index (χ0) is 18.9. The lowest BCUT2D eigenvalue weighted by atomic mass is 10.1. The molecular formula is C16H18ClFN4O3S. The fraction of sp³-hybridized carbons (Fsp3) is 0.375. The van der Waals surface area contributed by atoms with Crippen molar-refractivity contribution in [1.82, 2.24) is 19.8 Å². The van der Waals surface area contributed by atoms with Gasteiger partial charge in [-0.2, -0.15) is 0 Å². The Morgan fingerprint density at radius 3 is 2.65 bits per heavy atom. The van der Waals surface area contributed by atoms with Crippen molar-refractivity contribution < 1.29 is 17.6 Å². The third-order valence-electron chi connectivity index (χ3n) is 4.32. The van der Waals surface area contributed by atoms with Gasteiger partial charge < -0.3 is 4.57 Å². The van der Waals surface area contributed by atoms with E-state index in [0.29, 0.717) is 24.1 Å². The van der Waals surface area contributed by atoms with Gasteiger partial charge in [-0.1, -0.05) is 24.4 Å². The summed E-state index contributed by atoms with van der Waals surface area (Å²) in [7, 11) is -1.93. The molecule has 140 valence electrons. The third kappa shape index (κ3) is 3.89. The number of carbonyl (C=O) groups is 1. The molecule has 1 aliphatic rings. The summed E-state index contributed by atoms with van der Waals surface area (Å²) in [5.74, 6) is -1.85. The minimum atomic E-state index is -3.70. The maximum atomic E-state index is 14.3. The lowest BCUT2D eigenvalue weighted by Gasteiger charge is -2.14. The van der Waals surface area contributed by atoms with Crippen LogP contribution in [0.1, 0.15) is 36.0 Å². The Labute approximate surface area is 155 Å². The van der Waals surface area contributed by atoms with Crippen LogP contribution >= 0.6 is 11.6 Å². The highest BCUT2D eigenvalue weighted by atomic mass is 35.5. The van der Waals surface area contributed by atoms with Crippen molar-refractivity contribution in [1.29, 1.82) is 0 Å². The Kier molecular flexibility index (Phi) is 5.31. The van der Waals surface area contributed by atoms with Crippen molar-refractivity contribution in [3.63, 3.8) is 0 Å². The number of halogens is 2. The SMILES string of the molecule is Cn1cnc(-c2cc(Cl)c(F)c(C(=O)NNS(=O)(=O)C3CCCC3)c2)c1. The average molecular weight is 401 g/mol. The molecule has 26 heavy (non-hydrogen) atoms. The highest BCUT2D eigenvalue weighted by molar-refractivity contribution is 7.90. The number of imidazole rings is 1. The van der Waals surface area contributed by atoms with Gasteiger partial charge in [0.1, 0.15) is 0 Å². The molecule has 0 unspecified atom stereocenters. The summed E-state index contributed by atoms with van der Waals surface area (Å²) >= 11 is 5.89. The molecular weight excluding hydrogens is 383 g/mol. The predicted octanol–water partition coefficient (Wildman–Crippen LogP) is 2.39. The van der Waals surface area contributed by atoms with E-state index in [2.05, 4.69) is 15.2 Å². The number of hydrogen-bond acceptors (Lipinski definition) is 4. The number of amides is 1. The summed E-state index contributed by atoms with van der Waals surface area (Å²) in [6.07, 6.45) is 5.99. The molecule has 0 aliphatic heterocycles. The number of rotatable bonds is 5. The van der Waals surface area contributed by atoms with E-state index in [0.717, 1.165) is 12.8 Å². The predicted molar refractivity (Wildman–Crippen MR) is 95.4 cm³/mol. The van der Waals surface area contributed by atoms with E-state index >= 15 is 0 Å². The van der Waals surface area contributed by atoms with Gasteiger partial charge in [-0.3, -0.25) is 10.2 Å². The van der Waals surface area contributed by atoms with Crippen molar-refractivity contribution in [2.24, 2.45) is 7.05 Å². The van der Waals surface area contributed by atoms with Crippen LogP contribution in [0.25, 0.3) is 11.3 Å². The van der Waals surface area contributed by atoms with Gasteiger partial charge in [-0.15, -0.1) is 4.83 Å². The zero-order valence-electron chi connectivity index (χ0n) is 14.0. The molecule has 1 aromatic carbocycles. The number of aromatic nitrogens is 2. The molecule has 2 aromatic rings. The smallest absolute Gasteiger partial charge is 0.269 e. The summed E-state index contributed by atoms with van der Waals surface area (Å²) in [6, 6.07) is 2.64. The molecule has 10 heteroatoms. The molecule has 1 aliphatic carbocycles. The van der Waals surface area contributed by atoms with Gasteiger partial charge in [0.15, 0.2) is 5.82 Å². The van der Waals surface area contributed by atoms with E-state index in [1.807, 2.05) is 0 Å². The summed E-state index contributed by atoms with van der Waals surface area (Å²) in [5, 5.41) is -0.798. The Bertz CT molecular complexity index is 939. The standard InChI is InChI=1S/C16H18ClFN4O3S/c1-22-8-14(19-9-22)10-6-12(15(18)13(17)7-10)16(23)20-21-26(24,25)11-4-2-3-5-11/h6-9,11,21H,2-5H2,1H3,(H,20,23). The first-order valence-electron chi connectivity index (χ1n) is 8.06. The van der Waals surface area contributed by atoms with Crippen LogP contribution in [-0.4, -0.2) is 29.1 Å². The molecule has 0 radical (unpaired) electrons. The Balaban J connectivity index is 1.81. The number of carbonyl (C=O) groups excluding carboxylic acids is 1. The van der Waals surface area contributed by atoms with Crippen molar-refractivity contribution >= 4 is 27.5 Å². The Morgan fingerprint density at radius 2 is 2.04 bits per heavy atom. The number of sulfonamides is 1. The highest BCUT2D eigenvalue weighted by Crippen LogP contribution is 2.27. The third-order valence-corrected chi connectivity index (χ3v) is 6.33. The fourth-order valence-corrected chi connectivity index (χ4v) is 4.51. The van der Waals surface area contributed by atoms with E-state index in [1.54, 1.807) is 24.1 Å². The van der Waals surface area contributed by atoms with Crippen molar-refractivity contribution in [2.45, 2.75) is 30.9 Å². The lowest BCUT2D eigenvalue weighted by Crippen LogP contribution is -2.45. The number of nitrogens with zero attached hydrogens (tertiary/aromatic N) is 2. The van der Waals surface area contributed by atoms with Crippen LogP contribution in [0.4, 0.5) is 4.39 Å². The van der Waals surface area contributed by atoms with Crippen LogP contribution in [0.2, 0.25) is 5.02 Å². The van der Waals surface area contributed by atoms with Crippen LogP contribution in [0.3, 0.4) is 0 Å². The summed E-state index contributed by atoms with van der Waals surface area (Å²) in [4.78, 5) is 18.5. The number of benzene rings is 1. The van der Waals surface area contributed by atoms with Gasteiger partial charge in [0, 0.05) is 18.8 Å². The first kappa shape index (κ1) is 18.8. The fourth-order valence-electron chi connectivity index (χ4n) is 2.93. The minimum Gasteiger partial charge on any atom is -0.340 e. The number of hydrogen-bond donors (Lipinski definition) is 2. The zero-order valence-corrected chi connectivity index (χ0v) is 15.6. The summed E-state index contributed by atoms with van der Waals surface area (Å²) in [5.41, 5.74) is 2.65. The molecule has 1 heterocycles. The molecule has 1 aromatic heterocycles. The van der Waals surface area contributed by atoms with Crippen LogP contribution in [0.15, 0.2) is 24.7 Å². The molecule has 1 saturated carbocycles. The quantitative estimate of drug-likeness (QED) is 0.753. The second kappa shape index (κ2) is 7.34. The monoisotopic (exact) mass is 400 g/mol. The van der Waals surface area contributed by atoms with Crippen LogP contribution < -0.4 is 10.3 Å². The van der Waals surface area contributed by atoms with Gasteiger partial charge in [-0.05, 0) is 25.0 Å².